The van der Waals surface area contributed by atoms with Gasteiger partial charge in [0, 0.05) is 75.0 Å². The molecule has 96 heavy (non-hydrogen) atoms. The fraction of sp³-hybridized carbons (Fsp3) is 0.308. The van der Waals surface area contributed by atoms with Gasteiger partial charge in [0.1, 0.15) is 114 Å². The van der Waals surface area contributed by atoms with Crippen LogP contribution < -0.4 is 28.4 Å². The van der Waals surface area contributed by atoms with Crippen LogP contribution >= 0.6 is 0 Å². The molecule has 504 valence electrons. The highest BCUT2D eigenvalue weighted by molar-refractivity contribution is 5.83. The monoisotopic (exact) mass is 1310 g/mol. The van der Waals surface area contributed by atoms with E-state index in [-0.39, 0.29) is 118 Å². The molecule has 0 atom stereocenters. The van der Waals surface area contributed by atoms with Crippen LogP contribution in [0.2, 0.25) is 0 Å². The molecule has 1 aliphatic carbocycles. The van der Waals surface area contributed by atoms with Crippen LogP contribution in [0.3, 0.4) is 0 Å². The van der Waals surface area contributed by atoms with E-state index >= 15 is 0 Å². The van der Waals surface area contributed by atoms with Gasteiger partial charge in [0.25, 0.3) is 0 Å². The van der Waals surface area contributed by atoms with Gasteiger partial charge in [0.05, 0.1) is 0 Å². The predicted molar refractivity (Wildman–Crippen MR) is 364 cm³/mol. The molecule has 0 fully saturated rings. The summed E-state index contributed by atoms with van der Waals surface area (Å²) in [7, 11) is 0. The zero-order valence-corrected chi connectivity index (χ0v) is 55.7. The average molecular weight is 1310 g/mol. The third-order valence-corrected chi connectivity index (χ3v) is 15.1. The molecular weight excluding hydrogens is 1220 g/mol. The van der Waals surface area contributed by atoms with Crippen molar-refractivity contribution in [2.75, 3.05) is 79.3 Å². The Morgan fingerprint density at radius 2 is 0.354 bits per heavy atom. The Hall–Kier alpha value is -10.6. The maximum absolute atomic E-state index is 12.4. The van der Waals surface area contributed by atoms with Gasteiger partial charge in [0.2, 0.25) is 0 Å². The lowest BCUT2D eigenvalue weighted by molar-refractivity contribution is -0.139. The average Bonchev–Trinajstić information content (AvgIpc) is 0.810. The highest BCUT2D eigenvalue weighted by Gasteiger charge is 2.26. The van der Waals surface area contributed by atoms with E-state index < -0.39 is 35.8 Å². The lowest BCUT2D eigenvalue weighted by Gasteiger charge is -2.24. The molecule has 18 heteroatoms. The normalized spacial score (nSPS) is 11.6. The van der Waals surface area contributed by atoms with Crippen molar-refractivity contribution in [2.24, 2.45) is 0 Å². The molecule has 18 nitrogen and oxygen atoms in total. The van der Waals surface area contributed by atoms with Gasteiger partial charge in [-0.25, -0.2) is 28.8 Å². The lowest BCUT2D eigenvalue weighted by Crippen LogP contribution is -2.15. The van der Waals surface area contributed by atoms with Gasteiger partial charge in [-0.05, 0) is 108 Å². The van der Waals surface area contributed by atoms with E-state index in [9.17, 15) is 28.8 Å². The van der Waals surface area contributed by atoms with Gasteiger partial charge in [0.15, 0.2) is 0 Å². The van der Waals surface area contributed by atoms with Crippen molar-refractivity contribution in [3.8, 4) is 34.5 Å². The second-order valence-corrected chi connectivity index (χ2v) is 22.9. The van der Waals surface area contributed by atoms with Crippen molar-refractivity contribution in [1.82, 2.24) is 0 Å². The zero-order valence-electron chi connectivity index (χ0n) is 55.7. The summed E-state index contributed by atoms with van der Waals surface area (Å²) in [6, 6.07) is 24.5. The minimum absolute atomic E-state index is 0.0325. The van der Waals surface area contributed by atoms with Gasteiger partial charge in [-0.1, -0.05) is 146 Å². The largest absolute Gasteiger partial charge is 0.489 e. The number of esters is 6. The quantitative estimate of drug-likeness (QED) is 0.0177. The van der Waals surface area contributed by atoms with Crippen LogP contribution in [0.25, 0.3) is 0 Å². The van der Waals surface area contributed by atoms with Crippen LogP contribution in [0, 0.1) is 41.5 Å². The number of benzene rings is 6. The fourth-order valence-electron chi connectivity index (χ4n) is 11.6. The van der Waals surface area contributed by atoms with Crippen LogP contribution in [-0.2, 0) is 95.7 Å². The molecule has 0 amide bonds. The van der Waals surface area contributed by atoms with Gasteiger partial charge in [-0.3, -0.25) is 0 Å². The van der Waals surface area contributed by atoms with E-state index in [0.29, 0.717) is 34.5 Å². The standard InChI is InChI=1S/C78H84O18/c1-13-67(79)85-19-25-91-73-55-31-49(7)32-56(73)44-58-34-51(9)36-60(75(58)93-27-21-87-69(81)15-3)46-62-38-53(11)40-64(77(62)95-29-23-89-71(83)17-5)48-66-42-54(12)41-65(78(66)96-30-24-90-72(84)18-6)47-63-39-52(10)37-61(76(63)94-28-22-88-70(82)16-4)45-59-35-50(8)33-57(43-55)74(59)92-26-20-86-68(80)14-2/h13-18,31-42H,1-6,19-30,43-48H2,7-12H3. The van der Waals surface area contributed by atoms with Crippen LogP contribution in [0.15, 0.2) is 149 Å². The Morgan fingerprint density at radius 1 is 0.240 bits per heavy atom. The Labute approximate surface area is 561 Å². The van der Waals surface area contributed by atoms with Crippen molar-refractivity contribution < 1.29 is 85.6 Å². The number of hydrogen-bond donors (Lipinski definition) is 0. The van der Waals surface area contributed by atoms with Gasteiger partial charge in [-0.2, -0.15) is 0 Å². The first kappa shape index (κ1) is 72.8. The Morgan fingerprint density at radius 3 is 0.458 bits per heavy atom. The number of hydrogen-bond acceptors (Lipinski definition) is 18. The van der Waals surface area contributed by atoms with Crippen LogP contribution in [0.5, 0.6) is 34.5 Å². The number of aryl methyl sites for hydroxylation is 6. The summed E-state index contributed by atoms with van der Waals surface area (Å²) in [5, 5.41) is 0. The summed E-state index contributed by atoms with van der Waals surface area (Å²) in [5.74, 6) is -0.586. The summed E-state index contributed by atoms with van der Waals surface area (Å²) in [5.41, 5.74) is 14.5. The van der Waals surface area contributed by atoms with E-state index in [1.54, 1.807) is 0 Å². The maximum Gasteiger partial charge on any atom is 0.330 e. The van der Waals surface area contributed by atoms with Crippen molar-refractivity contribution >= 4 is 35.8 Å². The third kappa shape index (κ3) is 21.2. The summed E-state index contributed by atoms with van der Waals surface area (Å²) in [6.45, 7) is 32.6. The highest BCUT2D eigenvalue weighted by Crippen LogP contribution is 2.42. The van der Waals surface area contributed by atoms with Gasteiger partial charge in [-0.15, -0.1) is 0 Å². The summed E-state index contributed by atoms with van der Waals surface area (Å²) < 4.78 is 73.5. The molecule has 0 spiro atoms. The number of fused-ring (bicyclic) bond motifs is 12. The molecule has 0 saturated carbocycles. The predicted octanol–water partition coefficient (Wildman–Crippen LogP) is 12.0. The van der Waals surface area contributed by atoms with E-state index in [2.05, 4.69) is 39.5 Å². The van der Waals surface area contributed by atoms with E-state index in [0.717, 1.165) is 137 Å². The molecule has 7 rings (SSSR count). The lowest BCUT2D eigenvalue weighted by atomic mass is 9.88. The van der Waals surface area contributed by atoms with Crippen molar-refractivity contribution in [2.45, 2.75) is 80.1 Å². The van der Waals surface area contributed by atoms with Gasteiger partial charge >= 0.3 is 35.8 Å². The first-order chi connectivity index (χ1) is 46.2. The highest BCUT2D eigenvalue weighted by atomic mass is 16.6. The third-order valence-electron chi connectivity index (χ3n) is 15.1. The molecule has 0 aliphatic heterocycles. The minimum atomic E-state index is -0.611. The van der Waals surface area contributed by atoms with Crippen LogP contribution in [-0.4, -0.2) is 115 Å². The number of ether oxygens (including phenoxy) is 12. The van der Waals surface area contributed by atoms with Crippen LogP contribution in [0.4, 0.5) is 0 Å². The van der Waals surface area contributed by atoms with E-state index in [4.69, 9.17) is 56.8 Å². The second-order valence-electron chi connectivity index (χ2n) is 22.9. The molecule has 0 radical (unpaired) electrons. The SMILES string of the molecule is C=CC(=O)OCCOc1c2cc(C)cc1Cc1cc(C)cc(c1OCCOC(=O)C=C)Cc1cc(C)cc(c1OCCOC(=O)C=C)Cc1cc(C)cc(c1OCCOC(=O)C=C)Cc1cc(C)cc(c1OCCOC(=O)C=C)Cc1cc(C)cc(c1OCCOC(=O)C=C)C2. The summed E-state index contributed by atoms with van der Waals surface area (Å²) in [6.07, 6.45) is 8.01. The first-order valence-electron chi connectivity index (χ1n) is 31.5. The van der Waals surface area contributed by atoms with Gasteiger partial charge < -0.3 is 56.8 Å². The number of carbonyl (C=O) groups excluding carboxylic acids is 6. The zero-order chi connectivity index (χ0) is 69.3. The second kappa shape index (κ2) is 36.2. The molecule has 0 heterocycles. The Balaban J connectivity index is 1.56. The molecule has 0 unspecified atom stereocenters. The summed E-state index contributed by atoms with van der Waals surface area (Å²) >= 11 is 0. The minimum Gasteiger partial charge on any atom is -0.489 e. The van der Waals surface area contributed by atoms with Crippen molar-refractivity contribution in [3.63, 3.8) is 0 Å². The molecule has 0 saturated heterocycles. The number of carbonyl (C=O) groups is 6. The number of rotatable bonds is 30. The fourth-order valence-corrected chi connectivity index (χ4v) is 11.6. The Kier molecular flexibility index (Phi) is 27.4. The van der Waals surface area contributed by atoms with Crippen molar-refractivity contribution in [3.05, 3.63) is 249 Å². The molecule has 6 aromatic carbocycles. The smallest absolute Gasteiger partial charge is 0.330 e. The molecule has 0 aromatic heterocycles. The van der Waals surface area contributed by atoms with Crippen LogP contribution in [0.1, 0.15) is 100 Å². The van der Waals surface area contributed by atoms with Crippen molar-refractivity contribution in [1.29, 1.82) is 0 Å². The first-order valence-corrected chi connectivity index (χ1v) is 31.5. The Bertz CT molecular complexity index is 3120. The maximum atomic E-state index is 12.4. The van der Waals surface area contributed by atoms with E-state index in [1.165, 1.54) is 0 Å². The summed E-state index contributed by atoms with van der Waals surface area (Å²) in [4.78, 5) is 74.5. The topological polar surface area (TPSA) is 213 Å². The molecular formula is C78H84O18. The molecule has 0 N–H and O–H groups in total. The molecule has 6 aromatic rings. The van der Waals surface area contributed by atoms with E-state index in [1.807, 2.05) is 114 Å². The molecule has 1 aliphatic rings. The molecule has 12 bridgehead atoms.